The summed E-state index contributed by atoms with van der Waals surface area (Å²) >= 11 is 2.80. The molecule has 0 saturated heterocycles. The van der Waals surface area contributed by atoms with Crippen molar-refractivity contribution >= 4 is 29.1 Å². The molecule has 5 nitrogen and oxygen atoms in total. The van der Waals surface area contributed by atoms with Crippen LogP contribution >= 0.6 is 23.1 Å². The summed E-state index contributed by atoms with van der Waals surface area (Å²) in [5.74, 6) is -0.545. The fourth-order valence-electron chi connectivity index (χ4n) is 2.35. The number of carboxylic acid groups (broad SMARTS) is 1. The van der Waals surface area contributed by atoms with E-state index in [1.54, 1.807) is 12.1 Å². The van der Waals surface area contributed by atoms with Gasteiger partial charge in [0.2, 0.25) is 5.56 Å². The van der Waals surface area contributed by atoms with Gasteiger partial charge in [0, 0.05) is 17.4 Å². The molecule has 0 atom stereocenters. The van der Waals surface area contributed by atoms with Crippen LogP contribution in [0.5, 0.6) is 0 Å². The minimum atomic E-state index is -0.988. The van der Waals surface area contributed by atoms with Crippen LogP contribution in [-0.2, 0) is 5.75 Å². The van der Waals surface area contributed by atoms with Gasteiger partial charge >= 0.3 is 5.97 Å². The fourth-order valence-corrected chi connectivity index (χ4v) is 3.97. The molecule has 0 fully saturated rings. The van der Waals surface area contributed by atoms with Gasteiger partial charge in [0.25, 0.3) is 0 Å². The normalized spacial score (nSPS) is 10.4. The van der Waals surface area contributed by atoms with E-state index < -0.39 is 5.97 Å². The molecule has 0 saturated carbocycles. The number of nitrogens with zero attached hydrogens (tertiary/aromatic N) is 1. The summed E-state index contributed by atoms with van der Waals surface area (Å²) in [6.07, 6.45) is 0. The second-order valence-corrected chi connectivity index (χ2v) is 6.94. The summed E-state index contributed by atoms with van der Waals surface area (Å²) in [6.45, 7) is 0. The summed E-state index contributed by atoms with van der Waals surface area (Å²) in [5, 5.41) is 22.9. The molecule has 7 heteroatoms. The zero-order valence-corrected chi connectivity index (χ0v) is 14.5. The zero-order chi connectivity index (χ0) is 17.8. The number of aromatic carboxylic acids is 1. The monoisotopic (exact) mass is 368 g/mol. The maximum Gasteiger partial charge on any atom is 0.335 e. The number of hydrogen-bond acceptors (Lipinski definition) is 5. The second-order valence-electron chi connectivity index (χ2n) is 5.17. The molecule has 2 heterocycles. The Hall–Kier alpha value is -2.82. The number of pyridine rings is 1. The highest BCUT2D eigenvalue weighted by Gasteiger charge is 2.14. The summed E-state index contributed by atoms with van der Waals surface area (Å²) in [4.78, 5) is 25.7. The van der Waals surface area contributed by atoms with Crippen LogP contribution < -0.4 is 5.56 Å². The first-order chi connectivity index (χ1) is 12.1. The molecular formula is C18H12N2O3S2. The van der Waals surface area contributed by atoms with E-state index in [4.69, 9.17) is 5.11 Å². The molecule has 0 amide bonds. The molecule has 0 spiro atoms. The second kappa shape index (κ2) is 7.38. The lowest BCUT2D eigenvalue weighted by Crippen LogP contribution is -2.08. The van der Waals surface area contributed by atoms with Gasteiger partial charge in [-0.25, -0.2) is 4.79 Å². The number of hydrogen-bond donors (Lipinski definition) is 2. The number of aromatic amines is 1. The number of rotatable bonds is 5. The molecule has 0 radical (unpaired) electrons. The molecule has 0 aliphatic heterocycles. The molecule has 1 aromatic carbocycles. The van der Waals surface area contributed by atoms with Crippen molar-refractivity contribution in [3.8, 4) is 17.2 Å². The number of nitrogens with one attached hydrogen (secondary N) is 1. The first kappa shape index (κ1) is 17.0. The summed E-state index contributed by atoms with van der Waals surface area (Å²) < 4.78 is 0. The zero-order valence-electron chi connectivity index (χ0n) is 12.9. The summed E-state index contributed by atoms with van der Waals surface area (Å²) in [6, 6.07) is 12.1. The van der Waals surface area contributed by atoms with Crippen molar-refractivity contribution in [2.45, 2.75) is 10.8 Å². The van der Waals surface area contributed by atoms with E-state index in [0.29, 0.717) is 21.9 Å². The van der Waals surface area contributed by atoms with Crippen molar-refractivity contribution in [3.05, 3.63) is 74.2 Å². The van der Waals surface area contributed by atoms with E-state index in [2.05, 4.69) is 11.1 Å². The minimum absolute atomic E-state index is 0.208. The van der Waals surface area contributed by atoms with Crippen LogP contribution in [0.3, 0.4) is 0 Å². The number of aromatic nitrogens is 1. The molecule has 3 rings (SSSR count). The summed E-state index contributed by atoms with van der Waals surface area (Å²) in [7, 11) is 0. The van der Waals surface area contributed by atoms with E-state index in [0.717, 1.165) is 11.1 Å². The number of thiophene rings is 1. The average Bonchev–Trinajstić information content (AvgIpc) is 3.14. The Balaban J connectivity index is 1.93. The van der Waals surface area contributed by atoms with Crippen molar-refractivity contribution in [3.63, 3.8) is 0 Å². The van der Waals surface area contributed by atoms with E-state index in [1.807, 2.05) is 22.9 Å². The van der Waals surface area contributed by atoms with Crippen LogP contribution in [0, 0.1) is 11.3 Å². The van der Waals surface area contributed by atoms with Crippen molar-refractivity contribution in [2.24, 2.45) is 0 Å². The molecule has 2 N–H and O–H groups in total. The van der Waals surface area contributed by atoms with Crippen molar-refractivity contribution in [1.82, 2.24) is 4.98 Å². The van der Waals surface area contributed by atoms with Gasteiger partial charge in [-0.2, -0.15) is 16.6 Å². The first-order valence-corrected chi connectivity index (χ1v) is 9.16. The Labute approximate surface area is 151 Å². The van der Waals surface area contributed by atoms with Gasteiger partial charge in [0.15, 0.2) is 0 Å². The Kier molecular flexibility index (Phi) is 5.03. The molecule has 124 valence electrons. The van der Waals surface area contributed by atoms with Gasteiger partial charge in [-0.1, -0.05) is 12.1 Å². The Morgan fingerprint density at radius 2 is 2.16 bits per heavy atom. The van der Waals surface area contributed by atoms with Gasteiger partial charge in [0.1, 0.15) is 6.07 Å². The number of thioether (sulfide) groups is 1. The number of nitriles is 1. The maximum atomic E-state index is 12.0. The Morgan fingerprint density at radius 3 is 2.84 bits per heavy atom. The minimum Gasteiger partial charge on any atom is -0.478 e. The predicted molar refractivity (Wildman–Crippen MR) is 98.1 cm³/mol. The fraction of sp³-hybridized carbons (Fsp3) is 0.0556. The average molecular weight is 368 g/mol. The molecule has 3 aromatic rings. The number of carbonyl (C=O) groups is 1. The van der Waals surface area contributed by atoms with E-state index in [1.165, 1.54) is 35.2 Å². The smallest absolute Gasteiger partial charge is 0.335 e. The quantitative estimate of drug-likeness (QED) is 0.665. The largest absolute Gasteiger partial charge is 0.478 e. The van der Waals surface area contributed by atoms with Crippen molar-refractivity contribution < 1.29 is 9.90 Å². The molecule has 0 aliphatic carbocycles. The van der Waals surface area contributed by atoms with E-state index in [-0.39, 0.29) is 11.1 Å². The number of benzene rings is 1. The highest BCUT2D eigenvalue weighted by Crippen LogP contribution is 2.31. The van der Waals surface area contributed by atoms with E-state index in [9.17, 15) is 14.9 Å². The lowest BCUT2D eigenvalue weighted by atomic mass is 10.1. The number of H-pyrrole nitrogens is 1. The maximum absolute atomic E-state index is 12.0. The van der Waals surface area contributed by atoms with Gasteiger partial charge in [-0.15, -0.1) is 11.8 Å². The lowest BCUT2D eigenvalue weighted by Gasteiger charge is -2.08. The van der Waals surface area contributed by atoms with E-state index >= 15 is 0 Å². The SMILES string of the molecule is N#Cc1c(-c2ccsc2)cc(=O)[nH]c1SCc1cccc(C(=O)O)c1. The summed E-state index contributed by atoms with van der Waals surface area (Å²) in [5.41, 5.74) is 2.59. The molecule has 0 aliphatic rings. The highest BCUT2D eigenvalue weighted by atomic mass is 32.2. The molecule has 0 bridgehead atoms. The Bertz CT molecular complexity index is 1020. The Morgan fingerprint density at radius 1 is 1.32 bits per heavy atom. The topological polar surface area (TPSA) is 94.0 Å². The third kappa shape index (κ3) is 3.82. The van der Waals surface area contributed by atoms with Gasteiger partial charge in [0.05, 0.1) is 16.2 Å². The predicted octanol–water partition coefficient (Wildman–Crippen LogP) is 3.97. The van der Waals surface area contributed by atoms with Crippen LogP contribution in [0.1, 0.15) is 21.5 Å². The molecular weight excluding hydrogens is 356 g/mol. The molecule has 2 aromatic heterocycles. The third-order valence-electron chi connectivity index (χ3n) is 3.51. The standard InChI is InChI=1S/C18H12N2O3S2/c19-8-15-14(13-4-5-24-10-13)7-16(21)20-17(15)25-9-11-2-1-3-12(6-11)18(22)23/h1-7,10H,9H2,(H,20,21)(H,22,23). The van der Waals surface area contributed by atoms with Gasteiger partial charge < -0.3 is 10.1 Å². The third-order valence-corrected chi connectivity index (χ3v) is 5.27. The van der Waals surface area contributed by atoms with Crippen molar-refractivity contribution in [1.29, 1.82) is 5.26 Å². The number of carboxylic acids is 1. The van der Waals surface area contributed by atoms with Crippen LogP contribution in [-0.4, -0.2) is 16.1 Å². The molecule has 0 unspecified atom stereocenters. The van der Waals surface area contributed by atoms with Crippen LogP contribution in [0.2, 0.25) is 0 Å². The van der Waals surface area contributed by atoms with Crippen molar-refractivity contribution in [2.75, 3.05) is 0 Å². The van der Waals surface area contributed by atoms with Crippen LogP contribution in [0.4, 0.5) is 0 Å². The molecule has 25 heavy (non-hydrogen) atoms. The lowest BCUT2D eigenvalue weighted by molar-refractivity contribution is 0.0697. The van der Waals surface area contributed by atoms with Gasteiger partial charge in [-0.3, -0.25) is 4.79 Å². The van der Waals surface area contributed by atoms with Crippen LogP contribution in [0.15, 0.2) is 57.0 Å². The first-order valence-electron chi connectivity index (χ1n) is 7.23. The van der Waals surface area contributed by atoms with Gasteiger partial charge in [-0.05, 0) is 40.1 Å². The van der Waals surface area contributed by atoms with Crippen LogP contribution in [0.25, 0.3) is 11.1 Å². The highest BCUT2D eigenvalue weighted by molar-refractivity contribution is 7.98.